The van der Waals surface area contributed by atoms with Crippen molar-refractivity contribution in [2.24, 2.45) is 0 Å². The lowest BCUT2D eigenvalue weighted by atomic mass is 10.0. The Morgan fingerprint density at radius 2 is 1.65 bits per heavy atom. The van der Waals surface area contributed by atoms with Crippen LogP contribution in [0, 0.1) is 13.8 Å². The molecule has 2 aromatic carbocycles. The summed E-state index contributed by atoms with van der Waals surface area (Å²) in [5.74, 6) is -0.119. The van der Waals surface area contributed by atoms with Crippen LogP contribution in [0.3, 0.4) is 0 Å². The molecule has 0 unspecified atom stereocenters. The van der Waals surface area contributed by atoms with Crippen molar-refractivity contribution in [2.45, 2.75) is 46.3 Å². The quantitative estimate of drug-likeness (QED) is 0.211. The number of nitrogens with zero attached hydrogens (tertiary/aromatic N) is 4. The lowest BCUT2D eigenvalue weighted by Gasteiger charge is -2.37. The van der Waals surface area contributed by atoms with Gasteiger partial charge < -0.3 is 24.4 Å². The van der Waals surface area contributed by atoms with Crippen molar-refractivity contribution in [3.63, 3.8) is 0 Å². The van der Waals surface area contributed by atoms with Crippen molar-refractivity contribution >= 4 is 28.9 Å². The van der Waals surface area contributed by atoms with Crippen LogP contribution in [-0.2, 0) is 29.1 Å². The zero-order chi connectivity index (χ0) is 29.9. The molecule has 4 aromatic rings. The average molecular weight is 578 g/mol. The molecule has 222 valence electrons. The third-order valence-electron chi connectivity index (χ3n) is 8.42. The number of anilines is 3. The molecule has 1 N–H and O–H groups in total. The Bertz CT molecular complexity index is 1620. The summed E-state index contributed by atoms with van der Waals surface area (Å²) < 4.78 is 7.58. The molecule has 0 radical (unpaired) electrons. The van der Waals surface area contributed by atoms with E-state index in [9.17, 15) is 9.59 Å². The van der Waals surface area contributed by atoms with Gasteiger partial charge in [-0.2, -0.15) is 0 Å². The summed E-state index contributed by atoms with van der Waals surface area (Å²) in [6.45, 7) is 8.70. The van der Waals surface area contributed by atoms with Crippen LogP contribution in [0.2, 0.25) is 0 Å². The van der Waals surface area contributed by atoms with Gasteiger partial charge in [0.05, 0.1) is 6.61 Å². The minimum absolute atomic E-state index is 0.399. The lowest BCUT2D eigenvalue weighted by molar-refractivity contribution is -0.112. The number of aryl methyl sites for hydroxylation is 3. The first kappa shape index (κ1) is 28.7. The number of rotatable bonds is 8. The maximum absolute atomic E-state index is 13.7. The van der Waals surface area contributed by atoms with Crippen molar-refractivity contribution in [1.29, 1.82) is 0 Å². The molecule has 2 aromatic heterocycles. The zero-order valence-corrected chi connectivity index (χ0v) is 25.2. The molecular formula is C35H39N5O3. The number of ketones is 1. The molecule has 0 bridgehead atoms. The second kappa shape index (κ2) is 12.4. The minimum Gasteiger partial charge on any atom is -0.380 e. The fourth-order valence-corrected chi connectivity index (χ4v) is 6.42. The van der Waals surface area contributed by atoms with Gasteiger partial charge in [-0.1, -0.05) is 30.3 Å². The number of hydrogen-bond acceptors (Lipinski definition) is 6. The number of hydrogen-bond donors (Lipinski definition) is 1. The van der Waals surface area contributed by atoms with Gasteiger partial charge in [-0.25, -0.2) is 4.98 Å². The van der Waals surface area contributed by atoms with Gasteiger partial charge in [-0.05, 0) is 80.6 Å². The summed E-state index contributed by atoms with van der Waals surface area (Å²) >= 11 is 0. The molecule has 8 heteroatoms. The molecule has 1 amide bonds. The Labute approximate surface area is 253 Å². The number of carbonyl (C=O) groups excluding carboxylic acids is 2. The summed E-state index contributed by atoms with van der Waals surface area (Å²) in [7, 11) is 1.67. The van der Waals surface area contributed by atoms with E-state index in [0.717, 1.165) is 91.6 Å². The third-order valence-corrected chi connectivity index (χ3v) is 8.42. The number of piperazine rings is 1. The highest BCUT2D eigenvalue weighted by Gasteiger charge is 2.28. The van der Waals surface area contributed by atoms with E-state index < -0.39 is 11.7 Å². The van der Waals surface area contributed by atoms with Crippen molar-refractivity contribution in [3.05, 3.63) is 94.9 Å². The maximum Gasteiger partial charge on any atom is 0.298 e. The number of benzene rings is 2. The van der Waals surface area contributed by atoms with E-state index in [4.69, 9.17) is 9.72 Å². The van der Waals surface area contributed by atoms with E-state index in [1.165, 1.54) is 5.56 Å². The highest BCUT2D eigenvalue weighted by molar-refractivity contribution is 6.47. The van der Waals surface area contributed by atoms with Crippen LogP contribution < -0.4 is 15.1 Å². The topological polar surface area (TPSA) is 79.7 Å². The number of amides is 1. The average Bonchev–Trinajstić information content (AvgIpc) is 3.41. The Morgan fingerprint density at radius 3 is 2.40 bits per heavy atom. The fraction of sp³-hybridized carbons (Fsp3) is 0.343. The maximum atomic E-state index is 13.7. The monoisotopic (exact) mass is 577 g/mol. The zero-order valence-electron chi connectivity index (χ0n) is 25.2. The molecule has 6 rings (SSSR count). The minimum atomic E-state index is -0.630. The molecule has 1 saturated heterocycles. The van der Waals surface area contributed by atoms with Crippen molar-refractivity contribution in [1.82, 2.24) is 9.55 Å². The molecule has 8 nitrogen and oxygen atoms in total. The molecule has 1 fully saturated rings. The molecule has 0 saturated carbocycles. The largest absolute Gasteiger partial charge is 0.380 e. The van der Waals surface area contributed by atoms with Crippen molar-refractivity contribution in [2.75, 3.05) is 48.4 Å². The van der Waals surface area contributed by atoms with Gasteiger partial charge in [0, 0.05) is 73.7 Å². The van der Waals surface area contributed by atoms with Gasteiger partial charge in [0.25, 0.3) is 11.7 Å². The lowest BCUT2D eigenvalue weighted by Crippen LogP contribution is -2.47. The highest BCUT2D eigenvalue weighted by Crippen LogP contribution is 2.32. The van der Waals surface area contributed by atoms with E-state index in [-0.39, 0.29) is 0 Å². The van der Waals surface area contributed by atoms with Crippen molar-refractivity contribution < 1.29 is 14.3 Å². The normalized spacial score (nSPS) is 14.9. The van der Waals surface area contributed by atoms with Gasteiger partial charge >= 0.3 is 0 Å². The van der Waals surface area contributed by atoms with Gasteiger partial charge in [0.1, 0.15) is 11.5 Å². The van der Waals surface area contributed by atoms with E-state index in [2.05, 4.69) is 40.2 Å². The van der Waals surface area contributed by atoms with E-state index in [1.54, 1.807) is 7.11 Å². The molecule has 0 spiro atoms. The van der Waals surface area contributed by atoms with E-state index in [1.807, 2.05) is 60.0 Å². The van der Waals surface area contributed by atoms with Crippen LogP contribution in [0.1, 0.15) is 45.8 Å². The van der Waals surface area contributed by atoms with E-state index >= 15 is 0 Å². The van der Waals surface area contributed by atoms with Gasteiger partial charge in [-0.3, -0.25) is 9.59 Å². The smallest absolute Gasteiger partial charge is 0.298 e. The molecule has 2 aliphatic rings. The molecule has 2 aliphatic heterocycles. The Morgan fingerprint density at radius 1 is 0.884 bits per heavy atom. The fourth-order valence-electron chi connectivity index (χ4n) is 6.42. The molecular weight excluding hydrogens is 538 g/mol. The first-order valence-corrected chi connectivity index (χ1v) is 15.1. The number of carbonyl (C=O) groups is 2. The summed E-state index contributed by atoms with van der Waals surface area (Å²) in [4.78, 5) is 36.6. The number of methoxy groups -OCH3 is 1. The second-order valence-electron chi connectivity index (χ2n) is 11.6. The summed E-state index contributed by atoms with van der Waals surface area (Å²) in [5, 5.41) is 2.89. The molecule has 0 atom stereocenters. The van der Waals surface area contributed by atoms with Crippen LogP contribution in [0.5, 0.6) is 0 Å². The first-order valence-electron chi connectivity index (χ1n) is 15.1. The van der Waals surface area contributed by atoms with Gasteiger partial charge in [0.15, 0.2) is 0 Å². The van der Waals surface area contributed by atoms with Crippen LogP contribution in [-0.4, -0.2) is 54.5 Å². The standard InChI is InChI=1S/C35H39N5O3/c1-24-19-25(2)36-32(20-24)39-17-15-38(16-18-39)31-13-12-28(21-27(31)23-43-3)37-35(42)34(41)33-30(26-9-5-4-6-10-26)22-29-11-7-8-14-40(29)33/h4-6,9-10,12-13,19-22H,7-8,11,14-18,23H2,1-3H3,(H,37,42). The number of Topliss-reactive ketones (excluding diaryl/α,β-unsaturated/α-hetero) is 1. The number of pyridine rings is 1. The predicted octanol–water partition coefficient (Wildman–Crippen LogP) is 5.80. The van der Waals surface area contributed by atoms with Crippen LogP contribution in [0.15, 0.2) is 66.7 Å². The van der Waals surface area contributed by atoms with E-state index in [0.29, 0.717) is 18.0 Å². The number of fused-ring (bicyclic) bond motifs is 1. The van der Waals surface area contributed by atoms with Crippen molar-refractivity contribution in [3.8, 4) is 11.1 Å². The molecule has 4 heterocycles. The Hall–Kier alpha value is -4.43. The first-order chi connectivity index (χ1) is 20.9. The number of ether oxygens (including phenoxy) is 1. The number of nitrogens with one attached hydrogen (secondary N) is 1. The van der Waals surface area contributed by atoms with Crippen LogP contribution in [0.4, 0.5) is 17.2 Å². The van der Waals surface area contributed by atoms with Gasteiger partial charge in [-0.15, -0.1) is 0 Å². The molecule has 43 heavy (non-hydrogen) atoms. The van der Waals surface area contributed by atoms with Crippen LogP contribution >= 0.6 is 0 Å². The summed E-state index contributed by atoms with van der Waals surface area (Å²) in [6, 6.07) is 22.0. The summed E-state index contributed by atoms with van der Waals surface area (Å²) in [6.07, 6.45) is 2.99. The molecule has 0 aliphatic carbocycles. The SMILES string of the molecule is COCc1cc(NC(=O)C(=O)c2c(-c3ccccc3)cc3n2CCCC3)ccc1N1CCN(c2cc(C)cc(C)n2)CC1. The second-order valence-corrected chi connectivity index (χ2v) is 11.6. The van der Waals surface area contributed by atoms with Gasteiger partial charge in [0.2, 0.25) is 0 Å². The third kappa shape index (κ3) is 6.06. The Balaban J connectivity index is 1.20. The Kier molecular flexibility index (Phi) is 8.29. The predicted molar refractivity (Wildman–Crippen MR) is 171 cm³/mol. The van der Waals surface area contributed by atoms with Crippen LogP contribution in [0.25, 0.3) is 11.1 Å². The number of aromatic nitrogens is 2. The highest BCUT2D eigenvalue weighted by atomic mass is 16.5. The summed E-state index contributed by atoms with van der Waals surface area (Å²) in [5.41, 5.74) is 8.23.